The van der Waals surface area contributed by atoms with Crippen LogP contribution in [-0.2, 0) is 10.0 Å². The number of sulfonamides is 1. The minimum absolute atomic E-state index is 0.216. The number of aromatic nitrogens is 1. The number of nitrogens with zero attached hydrogens (tertiary/aromatic N) is 1. The summed E-state index contributed by atoms with van der Waals surface area (Å²) in [5.74, 6) is 0. The van der Waals surface area contributed by atoms with Gasteiger partial charge >= 0.3 is 0 Å². The fraction of sp³-hybridized carbons (Fsp3) is 0.700. The number of rotatable bonds is 3. The molecule has 17 heavy (non-hydrogen) atoms. The van der Waals surface area contributed by atoms with Gasteiger partial charge in [-0.25, -0.2) is 18.1 Å². The molecular formula is C10H16N2O3S2. The largest absolute Gasteiger partial charge is 0.391 e. The first-order chi connectivity index (χ1) is 7.99. The average Bonchev–Trinajstić information content (AvgIpc) is 2.69. The molecule has 96 valence electrons. The van der Waals surface area contributed by atoms with Crippen molar-refractivity contribution in [2.45, 2.75) is 49.0 Å². The third-order valence-electron chi connectivity index (χ3n) is 2.90. The van der Waals surface area contributed by atoms with Crippen LogP contribution in [-0.4, -0.2) is 30.7 Å². The molecule has 1 aromatic rings. The summed E-state index contributed by atoms with van der Waals surface area (Å²) in [6.45, 7) is 1.76. The Balaban J connectivity index is 2.11. The lowest BCUT2D eigenvalue weighted by Crippen LogP contribution is -2.44. The van der Waals surface area contributed by atoms with Crippen LogP contribution in [0.2, 0.25) is 0 Å². The molecule has 2 atom stereocenters. The van der Waals surface area contributed by atoms with E-state index < -0.39 is 16.1 Å². The molecule has 1 fully saturated rings. The van der Waals surface area contributed by atoms with E-state index in [1.165, 1.54) is 6.20 Å². The van der Waals surface area contributed by atoms with Crippen LogP contribution in [0.4, 0.5) is 0 Å². The van der Waals surface area contributed by atoms with Gasteiger partial charge in [0, 0.05) is 6.04 Å². The Hall–Kier alpha value is -0.500. The van der Waals surface area contributed by atoms with E-state index in [4.69, 9.17) is 0 Å². The first-order valence-corrected chi connectivity index (χ1v) is 7.92. The van der Waals surface area contributed by atoms with Crippen LogP contribution in [0.15, 0.2) is 10.4 Å². The standard InChI is InChI=1S/C10H16N2O3S2/c1-7-11-6-10(16-7)17(14,15)12-8-4-2-3-5-9(8)13/h6,8-9,12-13H,2-5H2,1H3/t8-,9-/m0/s1. The van der Waals surface area contributed by atoms with Crippen molar-refractivity contribution in [1.29, 1.82) is 0 Å². The third-order valence-corrected chi connectivity index (χ3v) is 5.76. The van der Waals surface area contributed by atoms with Crippen molar-refractivity contribution in [3.05, 3.63) is 11.2 Å². The highest BCUT2D eigenvalue weighted by Gasteiger charge is 2.28. The van der Waals surface area contributed by atoms with E-state index in [2.05, 4.69) is 9.71 Å². The molecule has 0 unspecified atom stereocenters. The summed E-state index contributed by atoms with van der Waals surface area (Å²) in [7, 11) is -3.53. The molecule has 0 aliphatic heterocycles. The van der Waals surface area contributed by atoms with E-state index in [1.54, 1.807) is 6.92 Å². The zero-order valence-corrected chi connectivity index (χ0v) is 11.2. The van der Waals surface area contributed by atoms with Crippen molar-refractivity contribution < 1.29 is 13.5 Å². The number of hydrogen-bond acceptors (Lipinski definition) is 5. The molecule has 0 amide bonds. The highest BCUT2D eigenvalue weighted by Crippen LogP contribution is 2.22. The van der Waals surface area contributed by atoms with E-state index in [9.17, 15) is 13.5 Å². The monoisotopic (exact) mass is 276 g/mol. The van der Waals surface area contributed by atoms with Gasteiger partial charge in [-0.2, -0.15) is 0 Å². The minimum atomic E-state index is -3.53. The van der Waals surface area contributed by atoms with E-state index in [0.29, 0.717) is 12.8 Å². The van der Waals surface area contributed by atoms with Crippen LogP contribution < -0.4 is 4.72 Å². The number of aliphatic hydroxyl groups is 1. The van der Waals surface area contributed by atoms with Gasteiger partial charge in [0.25, 0.3) is 10.0 Å². The predicted molar refractivity (Wildman–Crippen MR) is 65.4 cm³/mol. The van der Waals surface area contributed by atoms with Crippen LogP contribution in [0.5, 0.6) is 0 Å². The second-order valence-electron chi connectivity index (χ2n) is 4.28. The maximum Gasteiger partial charge on any atom is 0.252 e. The maximum absolute atomic E-state index is 12.0. The van der Waals surface area contributed by atoms with Gasteiger partial charge in [-0.1, -0.05) is 12.8 Å². The van der Waals surface area contributed by atoms with Crippen molar-refractivity contribution in [2.24, 2.45) is 0 Å². The van der Waals surface area contributed by atoms with Gasteiger partial charge in [0.15, 0.2) is 4.21 Å². The highest BCUT2D eigenvalue weighted by molar-refractivity contribution is 7.91. The summed E-state index contributed by atoms with van der Waals surface area (Å²) >= 11 is 1.14. The van der Waals surface area contributed by atoms with E-state index in [0.717, 1.165) is 29.2 Å². The first kappa shape index (κ1) is 12.9. The molecule has 2 N–H and O–H groups in total. The molecule has 1 saturated carbocycles. The number of aryl methyl sites for hydroxylation is 1. The Labute approximate surface area is 105 Å². The molecule has 0 spiro atoms. The molecule has 1 aliphatic carbocycles. The quantitative estimate of drug-likeness (QED) is 0.864. The van der Waals surface area contributed by atoms with Crippen molar-refractivity contribution in [2.75, 3.05) is 0 Å². The van der Waals surface area contributed by atoms with Gasteiger partial charge in [-0.05, 0) is 19.8 Å². The number of aliphatic hydroxyl groups excluding tert-OH is 1. The average molecular weight is 276 g/mol. The maximum atomic E-state index is 12.0. The highest BCUT2D eigenvalue weighted by atomic mass is 32.2. The fourth-order valence-electron chi connectivity index (χ4n) is 1.97. The number of nitrogens with one attached hydrogen (secondary N) is 1. The molecule has 1 aromatic heterocycles. The molecule has 1 heterocycles. The van der Waals surface area contributed by atoms with Crippen LogP contribution in [0, 0.1) is 6.92 Å². The molecule has 0 radical (unpaired) electrons. The predicted octanol–water partition coefficient (Wildman–Crippen LogP) is 1.03. The second-order valence-corrected chi connectivity index (χ2v) is 7.45. The Morgan fingerprint density at radius 3 is 2.76 bits per heavy atom. The first-order valence-electron chi connectivity index (χ1n) is 5.62. The van der Waals surface area contributed by atoms with Crippen molar-refractivity contribution in [3.63, 3.8) is 0 Å². The summed E-state index contributed by atoms with van der Waals surface area (Å²) in [6.07, 6.45) is 4.04. The molecule has 1 aliphatic rings. The van der Waals surface area contributed by atoms with Gasteiger partial charge in [-0.3, -0.25) is 0 Å². The van der Waals surface area contributed by atoms with Gasteiger partial charge < -0.3 is 5.11 Å². The molecule has 2 rings (SSSR count). The fourth-order valence-corrected chi connectivity index (χ4v) is 4.40. The van der Waals surface area contributed by atoms with Crippen LogP contribution in [0.25, 0.3) is 0 Å². The summed E-state index contributed by atoms with van der Waals surface area (Å²) in [4.78, 5) is 3.93. The van der Waals surface area contributed by atoms with Crippen LogP contribution in [0.3, 0.4) is 0 Å². The molecule has 5 nitrogen and oxygen atoms in total. The molecule has 0 saturated heterocycles. The number of thiazole rings is 1. The smallest absolute Gasteiger partial charge is 0.252 e. The molecule has 0 bridgehead atoms. The van der Waals surface area contributed by atoms with Crippen molar-refractivity contribution in [1.82, 2.24) is 9.71 Å². The molecule has 7 heteroatoms. The zero-order chi connectivity index (χ0) is 12.5. The lowest BCUT2D eigenvalue weighted by Gasteiger charge is -2.27. The summed E-state index contributed by atoms with van der Waals surface area (Å²) < 4.78 is 26.8. The topological polar surface area (TPSA) is 79.3 Å². The lowest BCUT2D eigenvalue weighted by atomic mass is 9.93. The SMILES string of the molecule is Cc1ncc(S(=O)(=O)N[C@H]2CCCC[C@@H]2O)s1. The Kier molecular flexibility index (Phi) is 3.82. The molecular weight excluding hydrogens is 260 g/mol. The van der Waals surface area contributed by atoms with Crippen molar-refractivity contribution in [3.8, 4) is 0 Å². The van der Waals surface area contributed by atoms with Crippen LogP contribution in [0.1, 0.15) is 30.7 Å². The summed E-state index contributed by atoms with van der Waals surface area (Å²) in [6, 6.07) is -0.365. The zero-order valence-electron chi connectivity index (χ0n) is 9.59. The van der Waals surface area contributed by atoms with Crippen LogP contribution >= 0.6 is 11.3 Å². The summed E-state index contributed by atoms with van der Waals surface area (Å²) in [5.41, 5.74) is 0. The van der Waals surface area contributed by atoms with E-state index in [-0.39, 0.29) is 10.3 Å². The van der Waals surface area contributed by atoms with Gasteiger partial charge in [0.2, 0.25) is 0 Å². The van der Waals surface area contributed by atoms with E-state index in [1.807, 2.05) is 0 Å². The Morgan fingerprint density at radius 2 is 2.18 bits per heavy atom. The normalized spacial score (nSPS) is 26.0. The van der Waals surface area contributed by atoms with E-state index >= 15 is 0 Å². The van der Waals surface area contributed by atoms with Gasteiger partial charge in [0.05, 0.1) is 17.3 Å². The van der Waals surface area contributed by atoms with Crippen molar-refractivity contribution >= 4 is 21.4 Å². The lowest BCUT2D eigenvalue weighted by molar-refractivity contribution is 0.101. The Morgan fingerprint density at radius 1 is 1.47 bits per heavy atom. The Bertz CT molecular complexity index is 483. The van der Waals surface area contributed by atoms with Gasteiger partial charge in [0.1, 0.15) is 0 Å². The second kappa shape index (κ2) is 5.01. The molecule has 0 aromatic carbocycles. The minimum Gasteiger partial charge on any atom is -0.391 e. The summed E-state index contributed by atoms with van der Waals surface area (Å²) in [5, 5.41) is 10.5. The number of hydrogen-bond donors (Lipinski definition) is 2. The third kappa shape index (κ3) is 3.04. The van der Waals surface area contributed by atoms with Gasteiger partial charge in [-0.15, -0.1) is 11.3 Å².